The van der Waals surface area contributed by atoms with Crippen molar-refractivity contribution in [3.63, 3.8) is 0 Å². The molecule has 0 bridgehead atoms. The second-order valence-corrected chi connectivity index (χ2v) is 13.7. The van der Waals surface area contributed by atoms with E-state index in [0.29, 0.717) is 6.42 Å². The maximum Gasteiger partial charge on any atom is 0.220 e. The van der Waals surface area contributed by atoms with E-state index in [2.05, 4.69) is 31.3 Å². The van der Waals surface area contributed by atoms with Gasteiger partial charge in [0.15, 0.2) is 0 Å². The summed E-state index contributed by atoms with van der Waals surface area (Å²) in [5, 5.41) is 22.9. The monoisotopic (exact) mass is 634 g/mol. The normalized spacial score (nSPS) is 13.2. The first-order valence-electron chi connectivity index (χ1n) is 20.1. The molecule has 0 aromatic carbocycles. The zero-order valence-electron chi connectivity index (χ0n) is 30.4. The van der Waals surface area contributed by atoms with Crippen LogP contribution < -0.4 is 5.32 Å². The van der Waals surface area contributed by atoms with E-state index in [-0.39, 0.29) is 12.5 Å². The van der Waals surface area contributed by atoms with Crippen LogP contribution >= 0.6 is 0 Å². The van der Waals surface area contributed by atoms with E-state index in [1.54, 1.807) is 6.08 Å². The van der Waals surface area contributed by atoms with Crippen LogP contribution in [0.4, 0.5) is 0 Å². The fourth-order valence-corrected chi connectivity index (χ4v) is 6.05. The van der Waals surface area contributed by atoms with Crippen LogP contribution in [0.15, 0.2) is 24.3 Å². The highest BCUT2D eigenvalue weighted by Crippen LogP contribution is 2.15. The van der Waals surface area contributed by atoms with E-state index in [9.17, 15) is 15.0 Å². The Bertz CT molecular complexity index is 647. The molecular weight excluding hydrogens is 554 g/mol. The molecule has 2 atom stereocenters. The number of amides is 1. The lowest BCUT2D eigenvalue weighted by molar-refractivity contribution is -0.123. The Morgan fingerprint density at radius 1 is 0.511 bits per heavy atom. The quantitative estimate of drug-likeness (QED) is 0.0475. The first-order valence-corrected chi connectivity index (χ1v) is 20.1. The number of nitrogens with one attached hydrogen (secondary N) is 1. The van der Waals surface area contributed by atoms with Gasteiger partial charge in [0, 0.05) is 6.42 Å². The van der Waals surface area contributed by atoms with Crippen molar-refractivity contribution in [2.24, 2.45) is 0 Å². The number of hydrogen-bond acceptors (Lipinski definition) is 3. The first-order chi connectivity index (χ1) is 22.2. The van der Waals surface area contributed by atoms with E-state index in [1.165, 1.54) is 161 Å². The standard InChI is InChI=1S/C41H79NO3/c1-3-5-7-9-11-13-15-17-19-20-21-23-24-26-28-30-32-34-36-40(44)39(38-43)42-41(45)37-35-33-31-29-27-25-22-18-16-14-12-10-8-6-4-2/h18,22,34,36,39-40,43-44H,3-17,19-21,23-33,35,37-38H2,1-2H3,(H,42,45)/b22-18-,36-34+. The number of allylic oxidation sites excluding steroid dienone is 3. The van der Waals surface area contributed by atoms with Crippen molar-refractivity contribution in [1.82, 2.24) is 5.32 Å². The Morgan fingerprint density at radius 3 is 1.22 bits per heavy atom. The van der Waals surface area contributed by atoms with Crippen LogP contribution in [0.1, 0.15) is 213 Å². The summed E-state index contributed by atoms with van der Waals surface area (Å²) in [6.07, 6.45) is 47.0. The SMILES string of the molecule is CCCCCCCC/C=C\CCCCCCCC(=O)NC(CO)C(O)/C=C/CCCCCCCCCCCCCCCCCC. The van der Waals surface area contributed by atoms with E-state index < -0.39 is 12.1 Å². The Labute approximate surface area is 281 Å². The topological polar surface area (TPSA) is 69.6 Å². The zero-order chi connectivity index (χ0) is 32.9. The number of carbonyl (C=O) groups excluding carboxylic acids is 1. The van der Waals surface area contributed by atoms with Gasteiger partial charge in [-0.05, 0) is 44.9 Å². The molecule has 0 radical (unpaired) electrons. The second kappa shape index (κ2) is 37.3. The molecule has 3 N–H and O–H groups in total. The molecule has 4 heteroatoms. The number of unbranched alkanes of at least 4 members (excludes halogenated alkanes) is 27. The van der Waals surface area contributed by atoms with Crippen LogP contribution in [-0.4, -0.2) is 34.9 Å². The minimum Gasteiger partial charge on any atom is -0.394 e. The zero-order valence-corrected chi connectivity index (χ0v) is 30.4. The van der Waals surface area contributed by atoms with E-state index >= 15 is 0 Å². The lowest BCUT2D eigenvalue weighted by atomic mass is 10.0. The lowest BCUT2D eigenvalue weighted by Gasteiger charge is -2.20. The molecule has 266 valence electrons. The Hall–Kier alpha value is -1.13. The van der Waals surface area contributed by atoms with Crippen molar-refractivity contribution >= 4 is 5.91 Å². The predicted molar refractivity (Wildman–Crippen MR) is 198 cm³/mol. The molecule has 0 aliphatic carbocycles. The minimum absolute atomic E-state index is 0.0723. The summed E-state index contributed by atoms with van der Waals surface area (Å²) in [7, 11) is 0. The highest BCUT2D eigenvalue weighted by atomic mass is 16.3. The molecule has 4 nitrogen and oxygen atoms in total. The average Bonchev–Trinajstić information content (AvgIpc) is 3.04. The maximum absolute atomic E-state index is 12.3. The van der Waals surface area contributed by atoms with Gasteiger partial charge in [0.2, 0.25) is 5.91 Å². The van der Waals surface area contributed by atoms with E-state index in [1.807, 2.05) is 6.08 Å². The van der Waals surface area contributed by atoms with Crippen molar-refractivity contribution in [3.8, 4) is 0 Å². The third kappa shape index (κ3) is 34.0. The molecule has 45 heavy (non-hydrogen) atoms. The number of aliphatic hydroxyl groups excluding tert-OH is 2. The number of hydrogen-bond donors (Lipinski definition) is 3. The molecular formula is C41H79NO3. The molecule has 0 aromatic rings. The average molecular weight is 634 g/mol. The molecule has 0 aliphatic heterocycles. The molecule has 0 saturated heterocycles. The van der Waals surface area contributed by atoms with Gasteiger partial charge in [-0.3, -0.25) is 4.79 Å². The summed E-state index contributed by atoms with van der Waals surface area (Å²) < 4.78 is 0. The Balaban J connectivity index is 3.60. The number of rotatable bonds is 36. The predicted octanol–water partition coefficient (Wildman–Crippen LogP) is 12.1. The molecule has 0 fully saturated rings. The van der Waals surface area contributed by atoms with E-state index in [0.717, 1.165) is 32.1 Å². The van der Waals surface area contributed by atoms with Crippen molar-refractivity contribution < 1.29 is 15.0 Å². The van der Waals surface area contributed by atoms with Gasteiger partial charge in [-0.25, -0.2) is 0 Å². The summed E-state index contributed by atoms with van der Waals surface area (Å²) in [5.41, 5.74) is 0. The van der Waals surface area contributed by atoms with Gasteiger partial charge in [0.1, 0.15) is 0 Å². The smallest absolute Gasteiger partial charge is 0.220 e. The van der Waals surface area contributed by atoms with Gasteiger partial charge in [-0.2, -0.15) is 0 Å². The van der Waals surface area contributed by atoms with Crippen LogP contribution in [0.3, 0.4) is 0 Å². The molecule has 0 rings (SSSR count). The summed E-state index contributed by atoms with van der Waals surface area (Å²) in [4.78, 5) is 12.3. The molecule has 0 saturated carbocycles. The highest BCUT2D eigenvalue weighted by Gasteiger charge is 2.17. The van der Waals surface area contributed by atoms with Crippen molar-refractivity contribution in [1.29, 1.82) is 0 Å². The largest absolute Gasteiger partial charge is 0.394 e. The van der Waals surface area contributed by atoms with Crippen LogP contribution in [0, 0.1) is 0 Å². The van der Waals surface area contributed by atoms with Crippen molar-refractivity contribution in [2.75, 3.05) is 6.61 Å². The van der Waals surface area contributed by atoms with E-state index in [4.69, 9.17) is 0 Å². The first kappa shape index (κ1) is 43.9. The molecule has 1 amide bonds. The highest BCUT2D eigenvalue weighted by molar-refractivity contribution is 5.76. The van der Waals surface area contributed by atoms with Gasteiger partial charge >= 0.3 is 0 Å². The third-order valence-electron chi connectivity index (χ3n) is 9.18. The Kier molecular flexibility index (Phi) is 36.4. The van der Waals surface area contributed by atoms with Crippen molar-refractivity contribution in [3.05, 3.63) is 24.3 Å². The Morgan fingerprint density at radius 2 is 0.844 bits per heavy atom. The fraction of sp³-hybridized carbons (Fsp3) is 0.878. The number of carbonyl (C=O) groups is 1. The molecule has 0 heterocycles. The van der Waals surface area contributed by atoms with Crippen molar-refractivity contribution in [2.45, 2.75) is 225 Å². The third-order valence-corrected chi connectivity index (χ3v) is 9.18. The van der Waals surface area contributed by atoms with Gasteiger partial charge < -0.3 is 15.5 Å². The van der Waals surface area contributed by atoms with Crippen LogP contribution in [0.2, 0.25) is 0 Å². The number of aliphatic hydroxyl groups is 2. The lowest BCUT2D eigenvalue weighted by Crippen LogP contribution is -2.45. The molecule has 0 aromatic heterocycles. The van der Waals surface area contributed by atoms with Gasteiger partial charge in [-0.15, -0.1) is 0 Å². The molecule has 2 unspecified atom stereocenters. The summed E-state index contributed by atoms with van der Waals surface area (Å²) in [5.74, 6) is -0.0723. The van der Waals surface area contributed by atoms with Gasteiger partial charge in [-0.1, -0.05) is 186 Å². The summed E-state index contributed by atoms with van der Waals surface area (Å²) in [6, 6.07) is -0.623. The summed E-state index contributed by atoms with van der Waals surface area (Å²) in [6.45, 7) is 4.30. The fourth-order valence-electron chi connectivity index (χ4n) is 6.05. The van der Waals surface area contributed by atoms with Crippen LogP contribution in [0.5, 0.6) is 0 Å². The molecule has 0 spiro atoms. The molecule has 0 aliphatic rings. The van der Waals surface area contributed by atoms with Crippen LogP contribution in [0.25, 0.3) is 0 Å². The van der Waals surface area contributed by atoms with Gasteiger partial charge in [0.05, 0.1) is 18.8 Å². The maximum atomic E-state index is 12.3. The minimum atomic E-state index is -0.839. The van der Waals surface area contributed by atoms with Crippen LogP contribution in [-0.2, 0) is 4.79 Å². The summed E-state index contributed by atoms with van der Waals surface area (Å²) >= 11 is 0. The second-order valence-electron chi connectivity index (χ2n) is 13.7. The van der Waals surface area contributed by atoms with Gasteiger partial charge in [0.25, 0.3) is 0 Å².